The van der Waals surface area contributed by atoms with Gasteiger partial charge in [0.25, 0.3) is 0 Å². The molecular formula is C19H21N7O. The molecule has 0 aliphatic heterocycles. The molecule has 0 spiro atoms. The Kier molecular flexibility index (Phi) is 4.10. The highest BCUT2D eigenvalue weighted by Gasteiger charge is 2.24. The largest absolute Gasteiger partial charge is 0.468 e. The number of nitrogens with zero attached hydrogens (tertiary/aromatic N) is 7. The van der Waals surface area contributed by atoms with E-state index >= 15 is 0 Å². The summed E-state index contributed by atoms with van der Waals surface area (Å²) in [6, 6.07) is 11.8. The Hall–Kier alpha value is -3.29. The molecule has 0 N–H and O–H groups in total. The summed E-state index contributed by atoms with van der Waals surface area (Å²) in [6.45, 7) is 6.58. The fraction of sp³-hybridized carbons (Fsp3) is 0.316. The molecule has 0 aliphatic carbocycles. The van der Waals surface area contributed by atoms with Crippen LogP contribution in [0.5, 0.6) is 5.88 Å². The van der Waals surface area contributed by atoms with Gasteiger partial charge >= 0.3 is 0 Å². The second-order valence-corrected chi connectivity index (χ2v) is 7.40. The predicted molar refractivity (Wildman–Crippen MR) is 100 cm³/mol. The maximum Gasteiger partial charge on any atom is 0.236 e. The van der Waals surface area contributed by atoms with Crippen molar-refractivity contribution in [1.29, 1.82) is 0 Å². The molecule has 0 aliphatic rings. The topological polar surface area (TPSA) is 83.0 Å². The quantitative estimate of drug-likeness (QED) is 0.554. The van der Waals surface area contributed by atoms with Crippen LogP contribution < -0.4 is 4.74 Å². The molecule has 0 saturated carbocycles. The molecule has 4 rings (SSSR count). The van der Waals surface area contributed by atoms with Crippen molar-refractivity contribution in [3.63, 3.8) is 0 Å². The van der Waals surface area contributed by atoms with E-state index in [1.54, 1.807) is 15.5 Å². The first-order valence-electron chi connectivity index (χ1n) is 8.71. The van der Waals surface area contributed by atoms with Crippen molar-refractivity contribution >= 4 is 5.65 Å². The van der Waals surface area contributed by atoms with Gasteiger partial charge in [-0.3, -0.25) is 4.68 Å². The fourth-order valence-corrected chi connectivity index (χ4v) is 2.81. The maximum atomic E-state index is 6.01. The summed E-state index contributed by atoms with van der Waals surface area (Å²) >= 11 is 0. The van der Waals surface area contributed by atoms with Crippen LogP contribution in [-0.2, 0) is 19.1 Å². The molecule has 4 aromatic rings. The molecule has 8 heteroatoms. The molecule has 0 atom stereocenters. The van der Waals surface area contributed by atoms with Gasteiger partial charge in [0, 0.05) is 18.2 Å². The normalized spacial score (nSPS) is 11.9. The molecule has 0 fully saturated rings. The zero-order valence-electron chi connectivity index (χ0n) is 15.8. The number of benzene rings is 1. The minimum absolute atomic E-state index is 0.166. The molecule has 0 unspecified atom stereocenters. The van der Waals surface area contributed by atoms with Crippen molar-refractivity contribution in [3.05, 3.63) is 54.1 Å². The fourth-order valence-electron chi connectivity index (χ4n) is 2.81. The predicted octanol–water partition coefficient (Wildman–Crippen LogP) is 2.80. The number of aromatic nitrogens is 7. The first kappa shape index (κ1) is 17.1. The summed E-state index contributed by atoms with van der Waals surface area (Å²) in [7, 11) is 1.82. The van der Waals surface area contributed by atoms with Crippen LogP contribution in [0.1, 0.15) is 32.2 Å². The first-order valence-corrected chi connectivity index (χ1v) is 8.71. The third kappa shape index (κ3) is 3.38. The molecule has 0 bridgehead atoms. The van der Waals surface area contributed by atoms with Gasteiger partial charge in [0.1, 0.15) is 6.33 Å². The van der Waals surface area contributed by atoms with Crippen LogP contribution in [0.15, 0.2) is 42.7 Å². The average molecular weight is 363 g/mol. The van der Waals surface area contributed by atoms with Crippen LogP contribution >= 0.6 is 0 Å². The Labute approximate surface area is 156 Å². The lowest BCUT2D eigenvalue weighted by atomic mass is 9.88. The van der Waals surface area contributed by atoms with Crippen molar-refractivity contribution in [2.45, 2.75) is 32.8 Å². The molecule has 0 radical (unpaired) electrons. The van der Waals surface area contributed by atoms with Crippen molar-refractivity contribution in [2.75, 3.05) is 0 Å². The second kappa shape index (κ2) is 6.46. The van der Waals surface area contributed by atoms with Crippen LogP contribution in [0, 0.1) is 0 Å². The summed E-state index contributed by atoms with van der Waals surface area (Å²) in [6.07, 6.45) is 1.65. The van der Waals surface area contributed by atoms with Gasteiger partial charge in [-0.25, -0.2) is 4.98 Å². The lowest BCUT2D eigenvalue weighted by Gasteiger charge is -2.21. The van der Waals surface area contributed by atoms with Gasteiger partial charge in [0.15, 0.2) is 23.9 Å². The molecule has 3 heterocycles. The number of hydrogen-bond donors (Lipinski definition) is 0. The van der Waals surface area contributed by atoms with Crippen LogP contribution in [0.25, 0.3) is 17.0 Å². The van der Waals surface area contributed by atoms with E-state index in [2.05, 4.69) is 41.1 Å². The van der Waals surface area contributed by atoms with E-state index in [0.29, 0.717) is 23.2 Å². The van der Waals surface area contributed by atoms with E-state index in [-0.39, 0.29) is 12.0 Å². The first-order chi connectivity index (χ1) is 12.9. The van der Waals surface area contributed by atoms with Crippen LogP contribution in [0.2, 0.25) is 0 Å². The smallest absolute Gasteiger partial charge is 0.236 e. The summed E-state index contributed by atoms with van der Waals surface area (Å²) in [5.74, 6) is 1.80. The number of ether oxygens (including phenoxy) is 1. The lowest BCUT2D eigenvalue weighted by molar-refractivity contribution is 0.271. The van der Waals surface area contributed by atoms with Gasteiger partial charge in [0.05, 0.1) is 0 Å². The highest BCUT2D eigenvalue weighted by molar-refractivity contribution is 5.59. The molecule has 0 amide bonds. The molecule has 27 heavy (non-hydrogen) atoms. The minimum atomic E-state index is -0.166. The average Bonchev–Trinajstić information content (AvgIpc) is 3.24. The number of fused-ring (bicyclic) bond motifs is 1. The summed E-state index contributed by atoms with van der Waals surface area (Å²) in [5, 5.41) is 17.6. The Morgan fingerprint density at radius 3 is 2.48 bits per heavy atom. The van der Waals surface area contributed by atoms with Crippen molar-refractivity contribution in [3.8, 4) is 17.3 Å². The van der Waals surface area contributed by atoms with Crippen LogP contribution in [0.3, 0.4) is 0 Å². The van der Waals surface area contributed by atoms with E-state index in [0.717, 1.165) is 11.1 Å². The van der Waals surface area contributed by atoms with Crippen LogP contribution in [-0.4, -0.2) is 34.6 Å². The lowest BCUT2D eigenvalue weighted by Crippen LogP contribution is -2.16. The van der Waals surface area contributed by atoms with Gasteiger partial charge in [-0.1, -0.05) is 51.1 Å². The second-order valence-electron chi connectivity index (χ2n) is 7.40. The third-order valence-electron chi connectivity index (χ3n) is 4.18. The highest BCUT2D eigenvalue weighted by Crippen LogP contribution is 2.31. The Bertz CT molecular complexity index is 1080. The van der Waals surface area contributed by atoms with Crippen molar-refractivity contribution < 1.29 is 4.74 Å². The Morgan fingerprint density at radius 2 is 1.81 bits per heavy atom. The van der Waals surface area contributed by atoms with Gasteiger partial charge in [0.2, 0.25) is 5.88 Å². The third-order valence-corrected chi connectivity index (χ3v) is 4.18. The maximum absolute atomic E-state index is 6.01. The van der Waals surface area contributed by atoms with Gasteiger partial charge in [-0.15, -0.1) is 15.3 Å². The zero-order chi connectivity index (χ0) is 19.0. The monoisotopic (exact) mass is 363 g/mol. The molecule has 0 saturated heterocycles. The highest BCUT2D eigenvalue weighted by atomic mass is 16.5. The zero-order valence-corrected chi connectivity index (χ0v) is 15.8. The Morgan fingerprint density at radius 1 is 1.04 bits per heavy atom. The number of aryl methyl sites for hydroxylation is 1. The van der Waals surface area contributed by atoms with E-state index < -0.39 is 0 Å². The number of hydrogen-bond acceptors (Lipinski definition) is 6. The summed E-state index contributed by atoms with van der Waals surface area (Å²) in [4.78, 5) is 4.21. The molecule has 1 aromatic carbocycles. The Balaban J connectivity index is 1.79. The van der Waals surface area contributed by atoms with Crippen LogP contribution in [0.4, 0.5) is 0 Å². The van der Waals surface area contributed by atoms with E-state index in [4.69, 9.17) is 9.84 Å². The van der Waals surface area contributed by atoms with Gasteiger partial charge in [-0.2, -0.15) is 9.61 Å². The number of rotatable bonds is 4. The summed E-state index contributed by atoms with van der Waals surface area (Å²) < 4.78 is 9.37. The van der Waals surface area contributed by atoms with Crippen molar-refractivity contribution in [1.82, 2.24) is 34.6 Å². The van der Waals surface area contributed by atoms with E-state index in [1.165, 1.54) is 0 Å². The van der Waals surface area contributed by atoms with E-state index in [1.807, 2.05) is 43.4 Å². The summed E-state index contributed by atoms with van der Waals surface area (Å²) in [5.41, 5.74) is 2.42. The van der Waals surface area contributed by atoms with Gasteiger partial charge < -0.3 is 4.74 Å². The molecular weight excluding hydrogens is 342 g/mol. The van der Waals surface area contributed by atoms with Gasteiger partial charge in [-0.05, 0) is 11.5 Å². The SMILES string of the molecule is Cn1cnc(COc2nn3c(-c4ccccc4)nnc3cc2C(C)(C)C)n1. The van der Waals surface area contributed by atoms with Crippen molar-refractivity contribution in [2.24, 2.45) is 7.05 Å². The van der Waals surface area contributed by atoms with E-state index in [9.17, 15) is 0 Å². The minimum Gasteiger partial charge on any atom is -0.468 e. The standard InChI is InChI=1S/C19H21N7O/c1-19(2,3)14-10-16-21-22-17(13-8-6-5-7-9-13)26(16)24-18(14)27-11-15-20-12-25(4)23-15/h5-10,12H,11H2,1-4H3. The molecule has 138 valence electrons. The molecule has 8 nitrogen and oxygen atoms in total. The molecule has 3 aromatic heterocycles.